The first-order valence-electron chi connectivity index (χ1n) is 7.44. The molecule has 0 unspecified atom stereocenters. The van der Waals surface area contributed by atoms with Gasteiger partial charge in [-0.25, -0.2) is 4.79 Å². The summed E-state index contributed by atoms with van der Waals surface area (Å²) < 4.78 is 0. The predicted molar refractivity (Wildman–Crippen MR) is 82.5 cm³/mol. The van der Waals surface area contributed by atoms with E-state index in [-0.39, 0.29) is 12.1 Å². The first kappa shape index (κ1) is 14.7. The monoisotopic (exact) mass is 275 g/mol. The molecule has 1 fully saturated rings. The topological polar surface area (TPSA) is 58.4 Å². The summed E-state index contributed by atoms with van der Waals surface area (Å²) in [6.07, 6.45) is 3.24. The number of nitrogens with zero attached hydrogens (tertiary/aromatic N) is 1. The lowest BCUT2D eigenvalue weighted by Crippen LogP contribution is -2.46. The number of nitrogens with two attached hydrogens (primary N) is 1. The number of hydrogen-bond acceptors (Lipinski definition) is 2. The van der Waals surface area contributed by atoms with Crippen LogP contribution in [0.25, 0.3) is 0 Å². The second-order valence-electron chi connectivity index (χ2n) is 5.98. The highest BCUT2D eigenvalue weighted by molar-refractivity contribution is 5.74. The Morgan fingerprint density at radius 1 is 1.30 bits per heavy atom. The van der Waals surface area contributed by atoms with Crippen molar-refractivity contribution in [2.24, 2.45) is 5.92 Å². The Hall–Kier alpha value is -1.71. The van der Waals surface area contributed by atoms with E-state index < -0.39 is 0 Å². The van der Waals surface area contributed by atoms with E-state index in [1.807, 2.05) is 30.9 Å². The molecule has 0 aromatic heterocycles. The van der Waals surface area contributed by atoms with E-state index in [2.05, 4.69) is 17.4 Å². The molecular weight excluding hydrogens is 250 g/mol. The van der Waals surface area contributed by atoms with Gasteiger partial charge < -0.3 is 16.0 Å². The molecule has 2 rings (SSSR count). The summed E-state index contributed by atoms with van der Waals surface area (Å²) in [5, 5.41) is 2.96. The Balaban J connectivity index is 1.79. The Morgan fingerprint density at radius 2 is 1.90 bits per heavy atom. The van der Waals surface area contributed by atoms with Crippen LogP contribution in [-0.2, 0) is 6.42 Å². The van der Waals surface area contributed by atoms with Gasteiger partial charge in [0.15, 0.2) is 0 Å². The number of carbonyl (C=O) groups is 1. The van der Waals surface area contributed by atoms with Gasteiger partial charge in [0.25, 0.3) is 0 Å². The quantitative estimate of drug-likeness (QED) is 0.833. The molecule has 4 heteroatoms. The van der Waals surface area contributed by atoms with Crippen molar-refractivity contribution >= 4 is 11.7 Å². The zero-order valence-corrected chi connectivity index (χ0v) is 12.4. The number of nitrogens with one attached hydrogen (secondary N) is 1. The summed E-state index contributed by atoms with van der Waals surface area (Å²) in [5.41, 5.74) is 7.85. The van der Waals surface area contributed by atoms with Crippen molar-refractivity contribution in [1.29, 1.82) is 0 Å². The lowest BCUT2D eigenvalue weighted by molar-refractivity contribution is 0.168. The zero-order chi connectivity index (χ0) is 14.5. The summed E-state index contributed by atoms with van der Waals surface area (Å²) in [4.78, 5) is 13.8. The molecule has 2 amide bonds. The molecule has 0 spiro atoms. The molecule has 20 heavy (non-hydrogen) atoms. The van der Waals surface area contributed by atoms with E-state index >= 15 is 0 Å². The van der Waals surface area contributed by atoms with Crippen LogP contribution in [0.5, 0.6) is 0 Å². The molecule has 1 aliphatic rings. The Labute approximate surface area is 121 Å². The van der Waals surface area contributed by atoms with Crippen molar-refractivity contribution in [1.82, 2.24) is 10.2 Å². The van der Waals surface area contributed by atoms with Crippen LogP contribution in [0.1, 0.15) is 32.3 Å². The van der Waals surface area contributed by atoms with Gasteiger partial charge in [-0.1, -0.05) is 12.1 Å². The standard InChI is InChI=1S/C16H25N3O/c1-12(2)18-16(20)19-9-7-14(8-10-19)11-13-3-5-15(17)6-4-13/h3-6,12,14H,7-11,17H2,1-2H3,(H,18,20). The molecule has 0 radical (unpaired) electrons. The fourth-order valence-electron chi connectivity index (χ4n) is 2.67. The summed E-state index contributed by atoms with van der Waals surface area (Å²) in [7, 11) is 0. The lowest BCUT2D eigenvalue weighted by atomic mass is 9.90. The maximum atomic E-state index is 11.9. The van der Waals surface area contributed by atoms with E-state index in [1.54, 1.807) is 0 Å². The number of anilines is 1. The third kappa shape index (κ3) is 4.15. The molecule has 0 atom stereocenters. The number of piperidine rings is 1. The summed E-state index contributed by atoms with van der Waals surface area (Å²) in [5.74, 6) is 0.668. The highest BCUT2D eigenvalue weighted by Gasteiger charge is 2.23. The largest absolute Gasteiger partial charge is 0.399 e. The fraction of sp³-hybridized carbons (Fsp3) is 0.562. The van der Waals surface area contributed by atoms with E-state index in [0.29, 0.717) is 5.92 Å². The summed E-state index contributed by atoms with van der Waals surface area (Å²) in [6, 6.07) is 8.41. The maximum absolute atomic E-state index is 11.9. The highest BCUT2D eigenvalue weighted by Crippen LogP contribution is 2.22. The van der Waals surface area contributed by atoms with Crippen LogP contribution in [0.2, 0.25) is 0 Å². The van der Waals surface area contributed by atoms with Crippen molar-refractivity contribution in [2.45, 2.75) is 39.2 Å². The number of benzene rings is 1. The highest BCUT2D eigenvalue weighted by atomic mass is 16.2. The zero-order valence-electron chi connectivity index (χ0n) is 12.4. The molecule has 0 aliphatic carbocycles. The molecule has 1 saturated heterocycles. The van der Waals surface area contributed by atoms with Gasteiger partial charge in [-0.3, -0.25) is 0 Å². The molecule has 4 nitrogen and oxygen atoms in total. The number of urea groups is 1. The summed E-state index contributed by atoms with van der Waals surface area (Å²) in [6.45, 7) is 5.70. The number of amides is 2. The number of hydrogen-bond donors (Lipinski definition) is 2. The second kappa shape index (κ2) is 6.64. The first-order chi connectivity index (χ1) is 9.54. The number of carbonyl (C=O) groups excluding carboxylic acids is 1. The number of nitrogen functional groups attached to an aromatic ring is 1. The van der Waals surface area contributed by atoms with Crippen LogP contribution in [-0.4, -0.2) is 30.1 Å². The molecule has 0 saturated carbocycles. The molecule has 1 aliphatic heterocycles. The van der Waals surface area contributed by atoms with Crippen LogP contribution in [0, 0.1) is 5.92 Å². The lowest BCUT2D eigenvalue weighted by Gasteiger charge is -2.32. The van der Waals surface area contributed by atoms with Gasteiger partial charge in [-0.2, -0.15) is 0 Å². The molecular formula is C16H25N3O. The van der Waals surface area contributed by atoms with Gasteiger partial charge in [0.2, 0.25) is 0 Å². The van der Waals surface area contributed by atoms with Crippen LogP contribution in [0.4, 0.5) is 10.5 Å². The van der Waals surface area contributed by atoms with Crippen LogP contribution in [0.15, 0.2) is 24.3 Å². The number of likely N-dealkylation sites (tertiary alicyclic amines) is 1. The molecule has 1 aromatic carbocycles. The first-order valence-corrected chi connectivity index (χ1v) is 7.44. The van der Waals surface area contributed by atoms with Crippen LogP contribution in [0.3, 0.4) is 0 Å². The SMILES string of the molecule is CC(C)NC(=O)N1CCC(Cc2ccc(N)cc2)CC1. The molecule has 3 N–H and O–H groups in total. The van der Waals surface area contributed by atoms with Gasteiger partial charge in [0.05, 0.1) is 0 Å². The van der Waals surface area contributed by atoms with Crippen molar-refractivity contribution in [3.05, 3.63) is 29.8 Å². The van der Waals surface area contributed by atoms with E-state index in [0.717, 1.165) is 38.0 Å². The summed E-state index contributed by atoms with van der Waals surface area (Å²) >= 11 is 0. The van der Waals surface area contributed by atoms with Gasteiger partial charge in [-0.05, 0) is 56.7 Å². The van der Waals surface area contributed by atoms with Gasteiger partial charge >= 0.3 is 6.03 Å². The normalized spacial score (nSPS) is 16.4. The second-order valence-corrected chi connectivity index (χ2v) is 5.98. The third-order valence-corrected chi connectivity index (χ3v) is 3.82. The van der Waals surface area contributed by atoms with Crippen molar-refractivity contribution in [3.63, 3.8) is 0 Å². The minimum atomic E-state index is 0.0749. The van der Waals surface area contributed by atoms with Crippen molar-refractivity contribution in [3.8, 4) is 0 Å². The fourth-order valence-corrected chi connectivity index (χ4v) is 2.67. The Morgan fingerprint density at radius 3 is 2.45 bits per heavy atom. The van der Waals surface area contributed by atoms with Gasteiger partial charge in [-0.15, -0.1) is 0 Å². The average Bonchev–Trinajstić information content (AvgIpc) is 2.41. The predicted octanol–water partition coefficient (Wildman–Crippen LogP) is 2.64. The molecule has 110 valence electrons. The van der Waals surface area contributed by atoms with E-state index in [4.69, 9.17) is 5.73 Å². The van der Waals surface area contributed by atoms with Crippen LogP contribution < -0.4 is 11.1 Å². The minimum absolute atomic E-state index is 0.0749. The third-order valence-electron chi connectivity index (χ3n) is 3.82. The van der Waals surface area contributed by atoms with Gasteiger partial charge in [0, 0.05) is 24.8 Å². The number of rotatable bonds is 3. The smallest absolute Gasteiger partial charge is 0.317 e. The minimum Gasteiger partial charge on any atom is -0.399 e. The molecule has 0 bridgehead atoms. The van der Waals surface area contributed by atoms with Gasteiger partial charge in [0.1, 0.15) is 0 Å². The van der Waals surface area contributed by atoms with E-state index in [1.165, 1.54) is 5.56 Å². The van der Waals surface area contributed by atoms with Crippen molar-refractivity contribution < 1.29 is 4.79 Å². The Kier molecular flexibility index (Phi) is 4.88. The average molecular weight is 275 g/mol. The van der Waals surface area contributed by atoms with E-state index in [9.17, 15) is 4.79 Å². The molecule has 1 heterocycles. The maximum Gasteiger partial charge on any atom is 0.317 e. The molecule has 1 aromatic rings. The Bertz CT molecular complexity index is 434. The van der Waals surface area contributed by atoms with Crippen LogP contribution >= 0.6 is 0 Å². The van der Waals surface area contributed by atoms with Crippen molar-refractivity contribution in [2.75, 3.05) is 18.8 Å².